The van der Waals surface area contributed by atoms with Crippen molar-refractivity contribution < 1.29 is 0 Å². The Morgan fingerprint density at radius 2 is 1.05 bits per heavy atom. The van der Waals surface area contributed by atoms with Gasteiger partial charge in [-0.3, -0.25) is 9.13 Å². The molecular weight excluding hydrogens is 747 g/mol. The van der Waals surface area contributed by atoms with Crippen molar-refractivity contribution >= 4 is 86.9 Å². The highest BCUT2D eigenvalue weighted by atomic mass is 32.2. The Bertz CT molecular complexity index is 3660. The molecular formula is C51H29N5S2. The lowest BCUT2D eigenvalue weighted by Gasteiger charge is -2.21. The Kier molecular flexibility index (Phi) is 6.76. The van der Waals surface area contributed by atoms with Crippen LogP contribution < -0.4 is 0 Å². The predicted molar refractivity (Wildman–Crippen MR) is 242 cm³/mol. The summed E-state index contributed by atoms with van der Waals surface area (Å²) >= 11 is 3.66. The van der Waals surface area contributed by atoms with Crippen LogP contribution in [0.4, 0.5) is 0 Å². The monoisotopic (exact) mass is 775 g/mol. The van der Waals surface area contributed by atoms with Gasteiger partial charge in [-0.25, -0.2) is 15.0 Å². The van der Waals surface area contributed by atoms with Gasteiger partial charge >= 0.3 is 0 Å². The molecule has 270 valence electrons. The molecule has 1 aliphatic heterocycles. The smallest absolute Gasteiger partial charge is 0.164 e. The second kappa shape index (κ2) is 12.2. The van der Waals surface area contributed by atoms with Crippen molar-refractivity contribution in [2.24, 2.45) is 0 Å². The quantitative estimate of drug-likeness (QED) is 0.179. The highest BCUT2D eigenvalue weighted by Crippen LogP contribution is 2.49. The molecule has 0 aliphatic carbocycles. The first-order valence-corrected chi connectivity index (χ1v) is 21.0. The lowest BCUT2D eigenvalue weighted by Crippen LogP contribution is -2.05. The van der Waals surface area contributed by atoms with E-state index in [0.717, 1.165) is 33.2 Å². The summed E-state index contributed by atoms with van der Waals surface area (Å²) in [5.74, 6) is 1.95. The average molecular weight is 776 g/mol. The molecule has 12 aromatic rings. The molecule has 0 radical (unpaired) electrons. The van der Waals surface area contributed by atoms with Crippen LogP contribution in [0.25, 0.3) is 109 Å². The van der Waals surface area contributed by atoms with E-state index in [0.29, 0.717) is 17.5 Å². The number of hydrogen-bond acceptors (Lipinski definition) is 5. The fourth-order valence-corrected chi connectivity index (χ4v) is 11.3. The number of aromatic nitrogens is 5. The average Bonchev–Trinajstić information content (AvgIpc) is 3.95. The van der Waals surface area contributed by atoms with Crippen molar-refractivity contribution in [3.8, 4) is 45.5 Å². The third-order valence-electron chi connectivity index (χ3n) is 11.6. The minimum atomic E-state index is 0.637. The number of hydrogen-bond donors (Lipinski definition) is 0. The summed E-state index contributed by atoms with van der Waals surface area (Å²) in [6, 6.07) is 62.8. The van der Waals surface area contributed by atoms with Gasteiger partial charge in [-0.1, -0.05) is 127 Å². The van der Waals surface area contributed by atoms with Crippen molar-refractivity contribution in [1.29, 1.82) is 0 Å². The van der Waals surface area contributed by atoms with Gasteiger partial charge in [0.25, 0.3) is 0 Å². The van der Waals surface area contributed by atoms with Crippen LogP contribution in [0.3, 0.4) is 0 Å². The second-order valence-corrected chi connectivity index (χ2v) is 16.9. The van der Waals surface area contributed by atoms with Gasteiger partial charge in [0.15, 0.2) is 17.5 Å². The topological polar surface area (TPSA) is 48.5 Å². The normalized spacial score (nSPS) is 12.4. The third-order valence-corrected chi connectivity index (χ3v) is 13.8. The summed E-state index contributed by atoms with van der Waals surface area (Å²) in [6.07, 6.45) is 0. The van der Waals surface area contributed by atoms with E-state index in [1.807, 2.05) is 11.8 Å². The molecule has 8 aromatic carbocycles. The molecule has 0 atom stereocenters. The van der Waals surface area contributed by atoms with Gasteiger partial charge in [-0.2, -0.15) is 0 Å². The van der Waals surface area contributed by atoms with Crippen molar-refractivity contribution in [1.82, 2.24) is 24.1 Å². The van der Waals surface area contributed by atoms with Gasteiger partial charge in [-0.05, 0) is 71.4 Å². The summed E-state index contributed by atoms with van der Waals surface area (Å²) in [4.78, 5) is 18.3. The summed E-state index contributed by atoms with van der Waals surface area (Å²) in [6.45, 7) is 0. The van der Waals surface area contributed by atoms with Crippen LogP contribution in [0.15, 0.2) is 186 Å². The Labute approximate surface area is 340 Å². The number of nitrogens with zero attached hydrogens (tertiary/aromatic N) is 5. The lowest BCUT2D eigenvalue weighted by molar-refractivity contribution is 1.03. The van der Waals surface area contributed by atoms with Crippen LogP contribution in [0.2, 0.25) is 0 Å². The van der Waals surface area contributed by atoms with E-state index < -0.39 is 0 Å². The fraction of sp³-hybridized carbons (Fsp3) is 0. The minimum Gasteiger partial charge on any atom is -0.295 e. The first-order chi connectivity index (χ1) is 28.8. The Hall–Kier alpha value is -7.06. The zero-order valence-electron chi connectivity index (χ0n) is 30.8. The van der Waals surface area contributed by atoms with Crippen LogP contribution in [0, 0.1) is 0 Å². The van der Waals surface area contributed by atoms with Gasteiger partial charge in [-0.15, -0.1) is 11.3 Å². The van der Waals surface area contributed by atoms with Gasteiger partial charge < -0.3 is 0 Å². The van der Waals surface area contributed by atoms with Crippen molar-refractivity contribution in [3.63, 3.8) is 0 Å². The number of benzene rings is 8. The van der Waals surface area contributed by atoms with Crippen LogP contribution >= 0.6 is 23.1 Å². The molecule has 13 rings (SSSR count). The molecule has 0 unspecified atom stereocenters. The lowest BCUT2D eigenvalue weighted by atomic mass is 10.0. The minimum absolute atomic E-state index is 0.637. The van der Waals surface area contributed by atoms with E-state index in [9.17, 15) is 0 Å². The summed E-state index contributed by atoms with van der Waals surface area (Å²) < 4.78 is 7.36. The van der Waals surface area contributed by atoms with E-state index >= 15 is 0 Å². The Morgan fingerprint density at radius 1 is 0.414 bits per heavy atom. The summed E-state index contributed by atoms with van der Waals surface area (Å²) in [5, 5.41) is 8.43. The molecule has 0 bridgehead atoms. The van der Waals surface area contributed by atoms with E-state index in [-0.39, 0.29) is 0 Å². The number of para-hydroxylation sites is 3. The summed E-state index contributed by atoms with van der Waals surface area (Å²) in [5.41, 5.74) is 8.79. The molecule has 5 nitrogen and oxygen atoms in total. The van der Waals surface area contributed by atoms with Gasteiger partial charge in [0.2, 0.25) is 0 Å². The molecule has 0 saturated heterocycles. The zero-order chi connectivity index (χ0) is 37.9. The largest absolute Gasteiger partial charge is 0.295 e. The maximum atomic E-state index is 5.28. The molecule has 4 aromatic heterocycles. The van der Waals surface area contributed by atoms with E-state index in [2.05, 4.69) is 185 Å². The van der Waals surface area contributed by atoms with Gasteiger partial charge in [0, 0.05) is 68.5 Å². The van der Waals surface area contributed by atoms with Crippen LogP contribution in [-0.2, 0) is 0 Å². The molecule has 0 amide bonds. The maximum Gasteiger partial charge on any atom is 0.164 e. The maximum absolute atomic E-state index is 5.28. The molecule has 7 heteroatoms. The molecule has 0 saturated carbocycles. The molecule has 1 aliphatic rings. The first-order valence-electron chi connectivity index (χ1n) is 19.4. The first kappa shape index (κ1) is 32.1. The molecule has 58 heavy (non-hydrogen) atoms. The fourth-order valence-electron chi connectivity index (χ4n) is 9.08. The molecule has 5 heterocycles. The standard InChI is InChI=1S/C51H29N5S2/c1-2-14-33-30(12-1)13-9-17-34(33)49-52-48(53-50(54-49)38-19-11-24-43-45(38)36-16-4-7-22-41(36)57-43)31-26-28-32(29-27-31)55-39-20-5-3-15-35(39)46-37-18-10-25-44-47(37)56(51(46)55)40-21-6-8-23-42(40)58-44/h1-29H. The number of rotatable bonds is 4. The Morgan fingerprint density at radius 3 is 1.97 bits per heavy atom. The predicted octanol–water partition coefficient (Wildman–Crippen LogP) is 13.9. The van der Waals surface area contributed by atoms with E-state index in [1.165, 1.54) is 68.5 Å². The molecule has 0 spiro atoms. The molecule has 0 N–H and O–H groups in total. The van der Waals surface area contributed by atoms with Gasteiger partial charge in [0.1, 0.15) is 5.65 Å². The highest BCUT2D eigenvalue weighted by Gasteiger charge is 2.28. The van der Waals surface area contributed by atoms with Crippen LogP contribution in [0.1, 0.15) is 0 Å². The van der Waals surface area contributed by atoms with Crippen LogP contribution in [0.5, 0.6) is 0 Å². The summed E-state index contributed by atoms with van der Waals surface area (Å²) in [7, 11) is 0. The SMILES string of the molecule is c1ccc2c(c1)Sc1cccc3c4c5ccccc5n(-c5ccc(-c6nc(-c7cccc8ccccc78)nc(-c7cccc8sc9ccccc9c78)n6)cc5)c4n-2c13. The Balaban J connectivity index is 1.04. The zero-order valence-corrected chi connectivity index (χ0v) is 32.4. The third kappa shape index (κ3) is 4.57. The number of fused-ring (bicyclic) bond motifs is 11. The number of thiophene rings is 1. The van der Waals surface area contributed by atoms with Crippen molar-refractivity contribution in [2.45, 2.75) is 9.79 Å². The van der Waals surface area contributed by atoms with E-state index in [1.54, 1.807) is 11.3 Å². The highest BCUT2D eigenvalue weighted by molar-refractivity contribution is 7.99. The van der Waals surface area contributed by atoms with Crippen molar-refractivity contribution in [2.75, 3.05) is 0 Å². The van der Waals surface area contributed by atoms with E-state index in [4.69, 9.17) is 15.0 Å². The van der Waals surface area contributed by atoms with Crippen LogP contribution in [-0.4, -0.2) is 24.1 Å². The molecule has 0 fully saturated rings. The second-order valence-electron chi connectivity index (χ2n) is 14.8. The van der Waals surface area contributed by atoms with Crippen molar-refractivity contribution in [3.05, 3.63) is 176 Å². The van der Waals surface area contributed by atoms with Gasteiger partial charge in [0.05, 0.1) is 16.7 Å².